The minimum Gasteiger partial charge on any atom is -0.468 e. The van der Waals surface area contributed by atoms with Gasteiger partial charge in [-0.25, -0.2) is 4.99 Å². The Kier molecular flexibility index (Phi) is 6.90. The molecule has 0 radical (unpaired) electrons. The molecular weight excluding hydrogens is 451 g/mol. The van der Waals surface area contributed by atoms with Crippen molar-refractivity contribution in [1.82, 2.24) is 5.32 Å². The maximum atomic E-state index is 12.3. The Balaban J connectivity index is 1.29. The zero-order valence-corrected chi connectivity index (χ0v) is 19.0. The minimum absolute atomic E-state index is 0.132. The first kappa shape index (κ1) is 23.1. The van der Waals surface area contributed by atoms with E-state index in [1.165, 1.54) is 22.6 Å². The molecule has 1 aliphatic rings. The van der Waals surface area contributed by atoms with Gasteiger partial charge in [-0.2, -0.15) is 0 Å². The number of hydrogen-bond donors (Lipinski definition) is 2. The van der Waals surface area contributed by atoms with Crippen LogP contribution in [-0.2, 0) is 11.2 Å². The van der Waals surface area contributed by atoms with Gasteiger partial charge >= 0.3 is 6.36 Å². The van der Waals surface area contributed by atoms with Gasteiger partial charge in [0.2, 0.25) is 0 Å². The lowest BCUT2D eigenvalue weighted by Crippen LogP contribution is -2.29. The van der Waals surface area contributed by atoms with Crippen molar-refractivity contribution in [2.45, 2.75) is 32.3 Å². The fraction of sp³-hybridized carbons (Fsp3) is 0.292. The Morgan fingerprint density at radius 1 is 1.06 bits per heavy atom. The van der Waals surface area contributed by atoms with E-state index in [2.05, 4.69) is 33.4 Å². The third kappa shape index (κ3) is 6.06. The minimum atomic E-state index is -4.69. The Morgan fingerprint density at radius 2 is 1.73 bits per heavy atom. The molecular formula is C24H24F3N3O2S. The Bertz CT molecular complexity index is 1110. The summed E-state index contributed by atoms with van der Waals surface area (Å²) in [5.41, 5.74) is 4.09. The predicted molar refractivity (Wildman–Crippen MR) is 125 cm³/mol. The third-order valence-electron chi connectivity index (χ3n) is 5.19. The number of fused-ring (bicyclic) bond motifs is 1. The molecule has 33 heavy (non-hydrogen) atoms. The van der Waals surface area contributed by atoms with Crippen LogP contribution in [0.5, 0.6) is 5.75 Å². The second kappa shape index (κ2) is 9.84. The highest BCUT2D eigenvalue weighted by Crippen LogP contribution is 2.36. The van der Waals surface area contributed by atoms with Gasteiger partial charge < -0.3 is 14.8 Å². The van der Waals surface area contributed by atoms with Crippen molar-refractivity contribution < 1.29 is 22.6 Å². The molecule has 0 spiro atoms. The molecule has 0 saturated carbocycles. The number of rotatable bonds is 7. The number of alkyl halides is 3. The lowest BCUT2D eigenvalue weighted by atomic mass is 10.0. The van der Waals surface area contributed by atoms with E-state index in [0.717, 1.165) is 41.1 Å². The van der Waals surface area contributed by atoms with Gasteiger partial charge in [0.1, 0.15) is 16.9 Å². The second-order valence-corrected chi connectivity index (χ2v) is 8.89. The van der Waals surface area contributed by atoms with E-state index in [-0.39, 0.29) is 11.9 Å². The predicted octanol–water partition coefficient (Wildman–Crippen LogP) is 6.27. The van der Waals surface area contributed by atoms with E-state index in [0.29, 0.717) is 6.02 Å². The molecule has 0 amide bonds. The van der Waals surface area contributed by atoms with E-state index >= 15 is 0 Å². The first-order chi connectivity index (χ1) is 15.8. The summed E-state index contributed by atoms with van der Waals surface area (Å²) < 4.78 is 46.1. The van der Waals surface area contributed by atoms with Crippen molar-refractivity contribution >= 4 is 22.4 Å². The van der Waals surface area contributed by atoms with Crippen LogP contribution in [0, 0.1) is 6.92 Å². The van der Waals surface area contributed by atoms with E-state index in [4.69, 9.17) is 4.74 Å². The van der Waals surface area contributed by atoms with Crippen molar-refractivity contribution in [3.63, 3.8) is 0 Å². The van der Waals surface area contributed by atoms with E-state index < -0.39 is 6.36 Å². The molecule has 4 rings (SSSR count). The molecule has 3 aromatic rings. The summed E-state index contributed by atoms with van der Waals surface area (Å²) in [7, 11) is 1.60. The summed E-state index contributed by atoms with van der Waals surface area (Å²) >= 11 is 1.68. The fourth-order valence-corrected chi connectivity index (χ4v) is 4.59. The molecule has 9 heteroatoms. The van der Waals surface area contributed by atoms with Crippen molar-refractivity contribution in [3.05, 3.63) is 70.6 Å². The zero-order chi connectivity index (χ0) is 23.4. The van der Waals surface area contributed by atoms with Crippen LogP contribution in [-0.4, -0.2) is 26.0 Å². The molecule has 2 aromatic carbocycles. The molecule has 0 fully saturated rings. The summed E-state index contributed by atoms with van der Waals surface area (Å²) in [6, 6.07) is 16.6. The number of benzene rings is 2. The summed E-state index contributed by atoms with van der Waals surface area (Å²) in [6.07, 6.45) is -2.99. The number of aryl methyl sites for hydroxylation is 2. The quantitative estimate of drug-likeness (QED) is 0.396. The van der Waals surface area contributed by atoms with Crippen molar-refractivity contribution in [2.75, 3.05) is 19.0 Å². The smallest absolute Gasteiger partial charge is 0.468 e. The molecule has 1 aromatic heterocycles. The molecule has 5 nitrogen and oxygen atoms in total. The molecule has 1 unspecified atom stereocenters. The van der Waals surface area contributed by atoms with Crippen LogP contribution in [0.15, 0.2) is 59.6 Å². The maximum Gasteiger partial charge on any atom is 0.573 e. The lowest BCUT2D eigenvalue weighted by Gasteiger charge is -2.22. The standard InChI is InChI=1S/C24H24F3N3O2S/c1-15-14-20-21(29-23(31-2)30-22(20)33-15)28-13-3-4-16-5-7-17(8-6-16)18-9-11-19(12-10-18)32-24(25,26)27/h5-12,14,21,28H,3-4,13H2,1-2H3,(H,29,30). The van der Waals surface area contributed by atoms with Crippen LogP contribution in [0.3, 0.4) is 0 Å². The van der Waals surface area contributed by atoms with Crippen LogP contribution in [0.4, 0.5) is 18.2 Å². The number of anilines is 1. The summed E-state index contributed by atoms with van der Waals surface area (Å²) in [4.78, 5) is 5.80. The Hall–Kier alpha value is -3.04. The van der Waals surface area contributed by atoms with Gasteiger partial charge in [-0.15, -0.1) is 24.5 Å². The van der Waals surface area contributed by atoms with Crippen LogP contribution in [0.2, 0.25) is 0 Å². The monoisotopic (exact) mass is 475 g/mol. The average Bonchev–Trinajstić information content (AvgIpc) is 3.16. The highest BCUT2D eigenvalue weighted by molar-refractivity contribution is 7.16. The van der Waals surface area contributed by atoms with Crippen LogP contribution >= 0.6 is 11.3 Å². The molecule has 0 bridgehead atoms. The number of amidine groups is 1. The summed E-state index contributed by atoms with van der Waals surface area (Å²) in [6.45, 7) is 2.87. The van der Waals surface area contributed by atoms with Crippen molar-refractivity contribution in [3.8, 4) is 16.9 Å². The largest absolute Gasteiger partial charge is 0.573 e. The number of aliphatic imine (C=N–C) groups is 1. The Morgan fingerprint density at radius 3 is 2.36 bits per heavy atom. The van der Waals surface area contributed by atoms with Crippen molar-refractivity contribution in [1.29, 1.82) is 0 Å². The highest BCUT2D eigenvalue weighted by atomic mass is 32.1. The molecule has 174 valence electrons. The first-order valence-corrected chi connectivity index (χ1v) is 11.3. The average molecular weight is 476 g/mol. The summed E-state index contributed by atoms with van der Waals surface area (Å²) in [5, 5.41) is 7.75. The number of nitrogens with zero attached hydrogens (tertiary/aromatic N) is 1. The zero-order valence-electron chi connectivity index (χ0n) is 18.2. The van der Waals surface area contributed by atoms with E-state index in [9.17, 15) is 13.2 Å². The van der Waals surface area contributed by atoms with Crippen molar-refractivity contribution in [2.24, 2.45) is 4.99 Å². The molecule has 0 saturated heterocycles. The molecule has 2 N–H and O–H groups in total. The van der Waals surface area contributed by atoms with Gasteiger partial charge in [-0.3, -0.25) is 5.32 Å². The molecule has 2 heterocycles. The number of nitrogens with one attached hydrogen (secondary N) is 2. The van der Waals surface area contributed by atoms with Gasteiger partial charge in [0, 0.05) is 10.4 Å². The molecule has 1 atom stereocenters. The van der Waals surface area contributed by atoms with E-state index in [1.807, 2.05) is 24.3 Å². The topological polar surface area (TPSA) is 54.9 Å². The number of halogens is 3. The second-order valence-electron chi connectivity index (χ2n) is 7.63. The Labute approximate surface area is 194 Å². The fourth-order valence-electron chi connectivity index (χ4n) is 3.65. The molecule has 1 aliphatic heterocycles. The number of methoxy groups -OCH3 is 1. The van der Waals surface area contributed by atoms with Gasteiger partial charge in [-0.05, 0) is 61.2 Å². The van der Waals surface area contributed by atoms with Crippen LogP contribution in [0.25, 0.3) is 11.1 Å². The van der Waals surface area contributed by atoms with Crippen LogP contribution < -0.4 is 15.4 Å². The third-order valence-corrected chi connectivity index (χ3v) is 6.18. The van der Waals surface area contributed by atoms with E-state index in [1.54, 1.807) is 30.6 Å². The van der Waals surface area contributed by atoms with Gasteiger partial charge in [-0.1, -0.05) is 36.4 Å². The van der Waals surface area contributed by atoms with Crippen LogP contribution in [0.1, 0.15) is 28.6 Å². The lowest BCUT2D eigenvalue weighted by molar-refractivity contribution is -0.274. The number of hydrogen-bond acceptors (Lipinski definition) is 6. The van der Waals surface area contributed by atoms with Gasteiger partial charge in [0.15, 0.2) is 0 Å². The summed E-state index contributed by atoms with van der Waals surface area (Å²) in [5.74, 6) is -0.226. The number of thiophene rings is 1. The highest BCUT2D eigenvalue weighted by Gasteiger charge is 2.31. The first-order valence-electron chi connectivity index (χ1n) is 10.5. The van der Waals surface area contributed by atoms with Gasteiger partial charge in [0.05, 0.1) is 7.11 Å². The normalized spacial score (nSPS) is 15.4. The van der Waals surface area contributed by atoms with Gasteiger partial charge in [0.25, 0.3) is 6.02 Å². The molecule has 0 aliphatic carbocycles. The number of ether oxygens (including phenoxy) is 2. The SMILES string of the molecule is COC1=NC(NCCCc2ccc(-c3ccc(OC(F)(F)F)cc3)cc2)c2cc(C)sc2N1. The maximum absolute atomic E-state index is 12.3.